The van der Waals surface area contributed by atoms with Crippen LogP contribution in [-0.2, 0) is 23.7 Å². The molecule has 0 aromatic heterocycles. The van der Waals surface area contributed by atoms with Crippen molar-refractivity contribution in [2.24, 2.45) is 17.8 Å². The van der Waals surface area contributed by atoms with Crippen molar-refractivity contribution in [3.8, 4) is 0 Å². The van der Waals surface area contributed by atoms with E-state index in [0.717, 1.165) is 6.26 Å². The second kappa shape index (κ2) is 8.59. The summed E-state index contributed by atoms with van der Waals surface area (Å²) in [6, 6.07) is 0. The van der Waals surface area contributed by atoms with E-state index in [1.807, 2.05) is 0 Å². The first kappa shape index (κ1) is 21.4. The second-order valence-corrected chi connectivity index (χ2v) is 7.25. The highest BCUT2D eigenvalue weighted by Gasteiger charge is 2.54. The molecule has 11 heteroatoms. The second-order valence-electron chi connectivity index (χ2n) is 7.25. The lowest BCUT2D eigenvalue weighted by Gasteiger charge is -2.43. The summed E-state index contributed by atoms with van der Waals surface area (Å²) in [4.78, 5) is 12.0. The van der Waals surface area contributed by atoms with Crippen LogP contribution >= 0.6 is 0 Å². The molecule has 3 rings (SSSR count). The molecule has 10 atom stereocenters. The summed E-state index contributed by atoms with van der Waals surface area (Å²) in [5.41, 5.74) is 0.101. The van der Waals surface area contributed by atoms with Crippen LogP contribution in [0.1, 0.15) is 6.42 Å². The number of aliphatic hydroxyl groups excluding tert-OH is 6. The molecule has 0 bridgehead atoms. The summed E-state index contributed by atoms with van der Waals surface area (Å²) in [7, 11) is 1.19. The molecule has 1 aliphatic carbocycles. The first-order chi connectivity index (χ1) is 13.3. The zero-order valence-electron chi connectivity index (χ0n) is 15.2. The van der Waals surface area contributed by atoms with Gasteiger partial charge in [0.2, 0.25) is 6.29 Å². The van der Waals surface area contributed by atoms with E-state index in [0.29, 0.717) is 0 Å². The van der Waals surface area contributed by atoms with Crippen molar-refractivity contribution in [2.45, 2.75) is 49.5 Å². The third-order valence-electron chi connectivity index (χ3n) is 5.69. The van der Waals surface area contributed by atoms with E-state index >= 15 is 0 Å². The third-order valence-corrected chi connectivity index (χ3v) is 5.69. The van der Waals surface area contributed by atoms with Crippen LogP contribution < -0.4 is 0 Å². The Hall–Kier alpha value is -1.31. The van der Waals surface area contributed by atoms with Crippen LogP contribution in [0.2, 0.25) is 0 Å². The Labute approximate surface area is 160 Å². The first-order valence-corrected chi connectivity index (χ1v) is 9.02. The Morgan fingerprint density at radius 2 is 1.82 bits per heavy atom. The van der Waals surface area contributed by atoms with Gasteiger partial charge in [0, 0.05) is 18.4 Å². The Kier molecular flexibility index (Phi) is 6.57. The zero-order valence-corrected chi connectivity index (χ0v) is 15.2. The van der Waals surface area contributed by atoms with Crippen LogP contribution in [-0.4, -0.2) is 100 Å². The van der Waals surface area contributed by atoms with Gasteiger partial charge in [0.05, 0.1) is 31.7 Å². The lowest BCUT2D eigenvalue weighted by molar-refractivity contribution is -0.343. The van der Waals surface area contributed by atoms with Crippen LogP contribution in [0.3, 0.4) is 0 Å². The summed E-state index contributed by atoms with van der Waals surface area (Å²) < 4.78 is 21.2. The number of methoxy groups -OCH3 is 1. The maximum atomic E-state index is 12.0. The van der Waals surface area contributed by atoms with Crippen molar-refractivity contribution in [1.29, 1.82) is 0 Å². The maximum Gasteiger partial charge on any atom is 0.337 e. The van der Waals surface area contributed by atoms with E-state index in [9.17, 15) is 35.4 Å². The van der Waals surface area contributed by atoms with Gasteiger partial charge < -0.3 is 49.6 Å². The van der Waals surface area contributed by atoms with Crippen LogP contribution in [0.5, 0.6) is 0 Å². The van der Waals surface area contributed by atoms with Gasteiger partial charge in [-0.05, 0) is 12.3 Å². The van der Waals surface area contributed by atoms with Gasteiger partial charge in [-0.2, -0.15) is 0 Å². The van der Waals surface area contributed by atoms with Crippen molar-refractivity contribution in [3.05, 3.63) is 11.8 Å². The van der Waals surface area contributed by atoms with Crippen LogP contribution in [0.4, 0.5) is 0 Å². The Morgan fingerprint density at radius 3 is 2.43 bits per heavy atom. The maximum absolute atomic E-state index is 12.0. The number of hydrogen-bond donors (Lipinski definition) is 6. The molecule has 0 unspecified atom stereocenters. The van der Waals surface area contributed by atoms with Crippen molar-refractivity contribution in [2.75, 3.05) is 20.3 Å². The Bertz CT molecular complexity index is 594. The van der Waals surface area contributed by atoms with Gasteiger partial charge in [0.15, 0.2) is 6.29 Å². The molecule has 0 aromatic rings. The first-order valence-electron chi connectivity index (χ1n) is 9.02. The predicted molar refractivity (Wildman–Crippen MR) is 88.0 cm³/mol. The van der Waals surface area contributed by atoms with Crippen LogP contribution in [0.25, 0.3) is 0 Å². The van der Waals surface area contributed by atoms with Crippen molar-refractivity contribution >= 4 is 5.97 Å². The largest absolute Gasteiger partial charge is 0.472 e. The van der Waals surface area contributed by atoms with E-state index in [1.165, 1.54) is 7.11 Å². The highest BCUT2D eigenvalue weighted by atomic mass is 16.8. The standard InChI is InChI=1S/C17H26O11/c1-25-15(24)7-5-26-16(10-6(3-18)2-8(20)11(7)10)28-17-14(23)13(22)12(21)9(4-19)27-17/h5-6,8-14,16-23H,2-4H2,1H3/t6-,8+,9+,10-,11+,12+,13-,14+,16+,17-/m1/s1. The van der Waals surface area contributed by atoms with E-state index in [2.05, 4.69) is 0 Å². The number of ether oxygens (including phenoxy) is 4. The topological polar surface area (TPSA) is 175 Å². The highest BCUT2D eigenvalue weighted by Crippen LogP contribution is 2.47. The fraction of sp³-hybridized carbons (Fsp3) is 0.824. The van der Waals surface area contributed by atoms with Gasteiger partial charge in [-0.25, -0.2) is 4.79 Å². The van der Waals surface area contributed by atoms with E-state index in [-0.39, 0.29) is 18.6 Å². The molecule has 11 nitrogen and oxygen atoms in total. The molecule has 0 radical (unpaired) electrons. The van der Waals surface area contributed by atoms with Gasteiger partial charge in [-0.15, -0.1) is 0 Å². The fourth-order valence-electron chi connectivity index (χ4n) is 4.21. The minimum Gasteiger partial charge on any atom is -0.472 e. The van der Waals surface area contributed by atoms with Gasteiger partial charge in [0.25, 0.3) is 0 Å². The van der Waals surface area contributed by atoms with Crippen molar-refractivity contribution < 1.29 is 54.4 Å². The molecular formula is C17H26O11. The molecule has 0 amide bonds. The number of esters is 1. The summed E-state index contributed by atoms with van der Waals surface area (Å²) in [6.07, 6.45) is -8.19. The van der Waals surface area contributed by atoms with Crippen LogP contribution in [0.15, 0.2) is 11.8 Å². The van der Waals surface area contributed by atoms with E-state index in [1.54, 1.807) is 0 Å². The Balaban J connectivity index is 1.83. The van der Waals surface area contributed by atoms with Gasteiger partial charge in [0.1, 0.15) is 24.4 Å². The average Bonchev–Trinajstić information content (AvgIpc) is 3.05. The van der Waals surface area contributed by atoms with Gasteiger partial charge >= 0.3 is 5.97 Å². The molecule has 1 saturated carbocycles. The molecular weight excluding hydrogens is 380 g/mol. The monoisotopic (exact) mass is 406 g/mol. The number of rotatable bonds is 5. The fourth-order valence-corrected chi connectivity index (χ4v) is 4.21. The molecule has 28 heavy (non-hydrogen) atoms. The molecule has 2 heterocycles. The number of aliphatic hydroxyl groups is 6. The van der Waals surface area contributed by atoms with E-state index < -0.39 is 73.4 Å². The number of hydrogen-bond acceptors (Lipinski definition) is 11. The quantitative estimate of drug-likeness (QED) is 0.254. The summed E-state index contributed by atoms with van der Waals surface area (Å²) in [5, 5.41) is 59.3. The number of fused-ring (bicyclic) bond motifs is 1. The molecule has 0 spiro atoms. The van der Waals surface area contributed by atoms with Crippen molar-refractivity contribution in [1.82, 2.24) is 0 Å². The molecule has 160 valence electrons. The predicted octanol–water partition coefficient (Wildman–Crippen LogP) is -3.18. The van der Waals surface area contributed by atoms with Crippen molar-refractivity contribution in [3.63, 3.8) is 0 Å². The third kappa shape index (κ3) is 3.64. The van der Waals surface area contributed by atoms with E-state index in [4.69, 9.17) is 18.9 Å². The molecule has 2 fully saturated rings. The minimum atomic E-state index is -1.63. The lowest BCUT2D eigenvalue weighted by atomic mass is 9.82. The summed E-state index contributed by atoms with van der Waals surface area (Å²) >= 11 is 0. The lowest BCUT2D eigenvalue weighted by Crippen LogP contribution is -2.60. The average molecular weight is 406 g/mol. The smallest absolute Gasteiger partial charge is 0.337 e. The summed E-state index contributed by atoms with van der Waals surface area (Å²) in [6.45, 7) is -0.919. The Morgan fingerprint density at radius 1 is 1.11 bits per heavy atom. The minimum absolute atomic E-state index is 0.101. The molecule has 3 aliphatic rings. The van der Waals surface area contributed by atoms with Crippen LogP contribution in [0, 0.1) is 17.8 Å². The SMILES string of the molecule is COC(=O)C1=CO[C@@H](O[C@H]2O[C@@H](CO)[C@H](O)[C@@H](O)[C@@H]2O)[C@@H]2[C@@H](CO)C[C@H](O)[C@H]12. The normalized spacial score (nSPS) is 45.8. The highest BCUT2D eigenvalue weighted by molar-refractivity contribution is 5.89. The number of carbonyl (C=O) groups excluding carboxylic acids is 1. The molecule has 0 aromatic carbocycles. The number of carbonyl (C=O) groups is 1. The molecule has 6 N–H and O–H groups in total. The van der Waals surface area contributed by atoms with Gasteiger partial charge in [-0.1, -0.05) is 0 Å². The summed E-state index contributed by atoms with van der Waals surface area (Å²) in [5.74, 6) is -2.54. The molecule has 1 saturated heterocycles. The van der Waals surface area contributed by atoms with Gasteiger partial charge in [-0.3, -0.25) is 0 Å². The molecule has 2 aliphatic heterocycles. The zero-order chi connectivity index (χ0) is 20.6.